The first-order valence-electron chi connectivity index (χ1n) is 7.42. The summed E-state index contributed by atoms with van der Waals surface area (Å²) in [6.07, 6.45) is 1.32. The van der Waals surface area contributed by atoms with Crippen LogP contribution in [0.1, 0.15) is 35.1 Å². The number of ether oxygens (including phenoxy) is 1. The first-order valence-corrected chi connectivity index (χ1v) is 9.89. The van der Waals surface area contributed by atoms with Crippen molar-refractivity contribution in [3.8, 4) is 0 Å². The zero-order valence-electron chi connectivity index (χ0n) is 13.5. The molecule has 1 aromatic heterocycles. The highest BCUT2D eigenvalue weighted by Gasteiger charge is 2.22. The summed E-state index contributed by atoms with van der Waals surface area (Å²) in [4.78, 5) is 12.5. The quantitative estimate of drug-likeness (QED) is 0.768. The van der Waals surface area contributed by atoms with Crippen molar-refractivity contribution in [2.45, 2.75) is 31.3 Å². The van der Waals surface area contributed by atoms with E-state index < -0.39 is 15.7 Å². The molecule has 0 fully saturated rings. The maximum Gasteiger partial charge on any atom is 0.258 e. The number of aromatic nitrogens is 2. The second kappa shape index (κ2) is 8.32. The number of nitrogens with one attached hydrogen (secondary N) is 1. The number of sulfone groups is 1. The van der Waals surface area contributed by atoms with Crippen LogP contribution < -0.4 is 5.32 Å². The molecule has 7 nitrogen and oxygen atoms in total. The fraction of sp³-hybridized carbons (Fsp3) is 0.400. The smallest absolute Gasteiger partial charge is 0.258 e. The lowest BCUT2D eigenvalue weighted by Gasteiger charge is -2.09. The molecule has 9 heteroatoms. The number of methoxy groups -OCH3 is 1. The normalized spacial score (nSPS) is 11.4. The van der Waals surface area contributed by atoms with Crippen molar-refractivity contribution in [3.63, 3.8) is 0 Å². The summed E-state index contributed by atoms with van der Waals surface area (Å²) in [5.74, 6) is -0.504. The molecule has 0 aliphatic heterocycles. The van der Waals surface area contributed by atoms with E-state index in [-0.39, 0.29) is 16.2 Å². The molecule has 130 valence electrons. The second-order valence-corrected chi connectivity index (χ2v) is 8.20. The minimum atomic E-state index is -3.51. The Labute approximate surface area is 145 Å². The molecule has 0 radical (unpaired) electrons. The van der Waals surface area contributed by atoms with E-state index in [9.17, 15) is 13.2 Å². The zero-order chi connectivity index (χ0) is 17.6. The first-order chi connectivity index (χ1) is 11.5. The van der Waals surface area contributed by atoms with E-state index in [1.54, 1.807) is 12.1 Å². The van der Waals surface area contributed by atoms with Gasteiger partial charge >= 0.3 is 0 Å². The minimum absolute atomic E-state index is 0.0184. The fourth-order valence-corrected chi connectivity index (χ4v) is 4.40. The average Bonchev–Trinajstić information content (AvgIpc) is 3.00. The Hall–Kier alpha value is -1.84. The molecule has 1 aromatic carbocycles. The minimum Gasteiger partial charge on any atom is -0.377 e. The molecule has 0 saturated carbocycles. The van der Waals surface area contributed by atoms with Crippen LogP contribution >= 0.6 is 11.3 Å². The van der Waals surface area contributed by atoms with Crippen LogP contribution in [-0.2, 0) is 21.2 Å². The van der Waals surface area contributed by atoms with E-state index in [2.05, 4.69) is 15.5 Å². The van der Waals surface area contributed by atoms with Gasteiger partial charge in [0.2, 0.25) is 5.13 Å². The highest BCUT2D eigenvalue weighted by Crippen LogP contribution is 2.21. The van der Waals surface area contributed by atoms with Crippen LogP contribution in [0, 0.1) is 0 Å². The van der Waals surface area contributed by atoms with Crippen LogP contribution in [0.3, 0.4) is 0 Å². The van der Waals surface area contributed by atoms with Crippen LogP contribution in [0.5, 0.6) is 0 Å². The summed E-state index contributed by atoms with van der Waals surface area (Å²) in [7, 11) is -1.97. The van der Waals surface area contributed by atoms with Gasteiger partial charge < -0.3 is 4.74 Å². The molecule has 1 N–H and O–H groups in total. The van der Waals surface area contributed by atoms with Crippen LogP contribution in [0.4, 0.5) is 5.13 Å². The molecular formula is C15H19N3O4S2. The first kappa shape index (κ1) is 18.5. The van der Waals surface area contributed by atoms with Crippen molar-refractivity contribution in [1.29, 1.82) is 0 Å². The molecule has 2 rings (SSSR count). The molecule has 0 aliphatic rings. The van der Waals surface area contributed by atoms with Crippen LogP contribution in [0.2, 0.25) is 0 Å². The number of hydrogen-bond acceptors (Lipinski definition) is 7. The molecular weight excluding hydrogens is 350 g/mol. The summed E-state index contributed by atoms with van der Waals surface area (Å²) in [5.41, 5.74) is 0.108. The van der Waals surface area contributed by atoms with Crippen LogP contribution in [0.15, 0.2) is 29.2 Å². The van der Waals surface area contributed by atoms with Gasteiger partial charge in [-0.3, -0.25) is 10.1 Å². The number of hydrogen-bond donors (Lipinski definition) is 1. The average molecular weight is 369 g/mol. The lowest BCUT2D eigenvalue weighted by atomic mass is 10.2. The Balaban J connectivity index is 2.23. The highest BCUT2D eigenvalue weighted by atomic mass is 32.2. The maximum atomic E-state index is 12.5. The molecule has 2 aromatic rings. The van der Waals surface area contributed by atoms with Gasteiger partial charge in [-0.15, -0.1) is 10.2 Å². The zero-order valence-corrected chi connectivity index (χ0v) is 15.1. The van der Waals surface area contributed by atoms with Crippen molar-refractivity contribution in [2.24, 2.45) is 0 Å². The Morgan fingerprint density at radius 1 is 1.29 bits per heavy atom. The Bertz CT molecular complexity index is 803. The van der Waals surface area contributed by atoms with Gasteiger partial charge in [-0.25, -0.2) is 8.42 Å². The lowest BCUT2D eigenvalue weighted by Crippen LogP contribution is -2.17. The number of unbranched alkanes of at least 4 members (excludes halogenated alkanes) is 1. The second-order valence-electron chi connectivity index (χ2n) is 5.06. The monoisotopic (exact) mass is 369 g/mol. The summed E-state index contributed by atoms with van der Waals surface area (Å²) in [6.45, 7) is 2.22. The van der Waals surface area contributed by atoms with Gasteiger partial charge in [0.25, 0.3) is 5.91 Å². The van der Waals surface area contributed by atoms with Crippen molar-refractivity contribution >= 4 is 32.2 Å². The Morgan fingerprint density at radius 2 is 2.04 bits per heavy atom. The number of carbonyl (C=O) groups excluding carboxylic acids is 1. The van der Waals surface area contributed by atoms with Crippen molar-refractivity contribution in [1.82, 2.24) is 10.2 Å². The largest absolute Gasteiger partial charge is 0.377 e. The summed E-state index contributed by atoms with van der Waals surface area (Å²) >= 11 is 1.18. The molecule has 24 heavy (non-hydrogen) atoms. The van der Waals surface area contributed by atoms with E-state index in [1.807, 2.05) is 6.92 Å². The fourth-order valence-electron chi connectivity index (χ4n) is 2.02. The number of anilines is 1. The van der Waals surface area contributed by atoms with Gasteiger partial charge in [0.1, 0.15) is 11.6 Å². The SMILES string of the molecule is CCCCS(=O)(=O)c1ccccc1C(=O)Nc1nnc(COC)s1. The van der Waals surface area contributed by atoms with Gasteiger partial charge in [0.05, 0.1) is 16.2 Å². The third-order valence-electron chi connectivity index (χ3n) is 3.19. The Morgan fingerprint density at radius 3 is 2.75 bits per heavy atom. The topological polar surface area (TPSA) is 98.2 Å². The van der Waals surface area contributed by atoms with Gasteiger partial charge in [-0.05, 0) is 18.6 Å². The third-order valence-corrected chi connectivity index (χ3v) is 5.85. The molecule has 0 saturated heterocycles. The van der Waals surface area contributed by atoms with Gasteiger partial charge in [0, 0.05) is 7.11 Å². The number of carbonyl (C=O) groups is 1. The Kier molecular flexibility index (Phi) is 6.41. The standard InChI is InChI=1S/C15H19N3O4S2/c1-3-4-9-24(20,21)12-8-6-5-7-11(12)14(19)16-15-18-17-13(23-15)10-22-2/h5-8H,3-4,9-10H2,1-2H3,(H,16,18,19). The van der Waals surface area contributed by atoms with Crippen LogP contribution in [-0.4, -0.2) is 37.4 Å². The predicted octanol–water partition coefficient (Wildman–Crippen LogP) is 2.51. The third kappa shape index (κ3) is 4.59. The number of benzene rings is 1. The van der Waals surface area contributed by atoms with Gasteiger partial charge in [0.15, 0.2) is 9.84 Å². The summed E-state index contributed by atoms with van der Waals surface area (Å²) < 4.78 is 29.8. The maximum absolute atomic E-state index is 12.5. The summed E-state index contributed by atoms with van der Waals surface area (Å²) in [6, 6.07) is 6.18. The van der Waals surface area contributed by atoms with Gasteiger partial charge in [-0.1, -0.05) is 36.8 Å². The molecule has 0 unspecified atom stereocenters. The van der Waals surface area contributed by atoms with E-state index >= 15 is 0 Å². The van der Waals surface area contributed by atoms with E-state index in [4.69, 9.17) is 4.74 Å². The van der Waals surface area contributed by atoms with Crippen molar-refractivity contribution < 1.29 is 17.9 Å². The number of rotatable bonds is 8. The van der Waals surface area contributed by atoms with Gasteiger partial charge in [-0.2, -0.15) is 0 Å². The van der Waals surface area contributed by atoms with E-state index in [1.165, 1.54) is 30.6 Å². The predicted molar refractivity (Wildman–Crippen MR) is 92.0 cm³/mol. The van der Waals surface area contributed by atoms with Crippen LogP contribution in [0.25, 0.3) is 0 Å². The molecule has 0 spiro atoms. The summed E-state index contributed by atoms with van der Waals surface area (Å²) in [5, 5.41) is 11.2. The molecule has 0 atom stereocenters. The number of nitrogens with zero attached hydrogens (tertiary/aromatic N) is 2. The van der Waals surface area contributed by atoms with Crippen molar-refractivity contribution in [2.75, 3.05) is 18.2 Å². The van der Waals surface area contributed by atoms with E-state index in [0.717, 1.165) is 6.42 Å². The number of amides is 1. The molecule has 1 amide bonds. The molecule has 1 heterocycles. The molecule has 0 bridgehead atoms. The molecule has 0 aliphatic carbocycles. The lowest BCUT2D eigenvalue weighted by molar-refractivity contribution is 0.102. The van der Waals surface area contributed by atoms with Crippen molar-refractivity contribution in [3.05, 3.63) is 34.8 Å². The van der Waals surface area contributed by atoms with E-state index in [0.29, 0.717) is 23.2 Å². The highest BCUT2D eigenvalue weighted by molar-refractivity contribution is 7.91.